The van der Waals surface area contributed by atoms with E-state index in [1.165, 1.54) is 0 Å². The van der Waals surface area contributed by atoms with Crippen molar-refractivity contribution < 1.29 is 23.8 Å². The van der Waals surface area contributed by atoms with Crippen LogP contribution in [-0.2, 0) is 14.3 Å². The van der Waals surface area contributed by atoms with E-state index in [9.17, 15) is 14.9 Å². The highest BCUT2D eigenvalue weighted by atomic mass is 35.5. The zero-order valence-corrected chi connectivity index (χ0v) is 22.7. The molecule has 0 radical (unpaired) electrons. The Hall–Kier alpha value is -3.67. The van der Waals surface area contributed by atoms with Crippen molar-refractivity contribution in [2.75, 3.05) is 18.5 Å². The normalized spacial score (nSPS) is 18.3. The average molecular weight is 556 g/mol. The molecular weight excluding hydrogens is 529 g/mol. The van der Waals surface area contributed by atoms with Gasteiger partial charge < -0.3 is 25.3 Å². The number of Topliss-reactive ketones (excluding diaryl/α,β-unsaturated/α-hetero) is 1. The number of ether oxygens (including phenoxy) is 3. The van der Waals surface area contributed by atoms with Crippen LogP contribution in [0.4, 0.5) is 5.69 Å². The summed E-state index contributed by atoms with van der Waals surface area (Å²) in [5.41, 5.74) is 7.42. The molecule has 2 aromatic carbocycles. The molecule has 1 atom stereocenters. The maximum absolute atomic E-state index is 13.2. The van der Waals surface area contributed by atoms with Gasteiger partial charge >= 0.3 is 0 Å². The maximum Gasteiger partial charge on any atom is 0.262 e. The topological polar surface area (TPSA) is 124 Å². The van der Waals surface area contributed by atoms with E-state index in [1.54, 1.807) is 36.4 Å². The third-order valence-corrected chi connectivity index (χ3v) is 7.08. The predicted octanol–water partition coefficient (Wildman–Crippen LogP) is 5.86. The number of halogens is 2. The van der Waals surface area contributed by atoms with E-state index in [1.807, 2.05) is 20.8 Å². The highest BCUT2D eigenvalue weighted by Gasteiger charge is 2.43. The van der Waals surface area contributed by atoms with Crippen LogP contribution in [0.5, 0.6) is 11.5 Å². The third kappa shape index (κ3) is 5.59. The van der Waals surface area contributed by atoms with Gasteiger partial charge in [0, 0.05) is 18.4 Å². The molecule has 1 amide bonds. The first-order chi connectivity index (χ1) is 18.0. The first-order valence-corrected chi connectivity index (χ1v) is 12.8. The lowest BCUT2D eigenvalue weighted by molar-refractivity contribution is -0.119. The summed E-state index contributed by atoms with van der Waals surface area (Å²) in [7, 11) is 0. The van der Waals surface area contributed by atoms with Gasteiger partial charge in [-0.1, -0.05) is 49.2 Å². The number of allylic oxidation sites excluding steroid dienone is 3. The summed E-state index contributed by atoms with van der Waals surface area (Å²) in [6, 6.07) is 12.1. The van der Waals surface area contributed by atoms with Gasteiger partial charge in [-0.3, -0.25) is 9.59 Å². The number of nitrogens with zero attached hydrogens (tertiary/aromatic N) is 1. The molecule has 38 heavy (non-hydrogen) atoms. The second-order valence-corrected chi connectivity index (χ2v) is 10.6. The largest absolute Gasteiger partial charge is 0.490 e. The van der Waals surface area contributed by atoms with Crippen molar-refractivity contribution in [2.24, 2.45) is 11.1 Å². The molecule has 0 spiro atoms. The van der Waals surface area contributed by atoms with E-state index in [0.29, 0.717) is 58.6 Å². The number of rotatable bonds is 7. The lowest BCUT2D eigenvalue weighted by Crippen LogP contribution is -2.33. The van der Waals surface area contributed by atoms with E-state index < -0.39 is 11.8 Å². The van der Waals surface area contributed by atoms with Gasteiger partial charge in [-0.05, 0) is 42.2 Å². The molecule has 1 unspecified atom stereocenters. The highest BCUT2D eigenvalue weighted by Crippen LogP contribution is 2.48. The molecule has 0 fully saturated rings. The van der Waals surface area contributed by atoms with Crippen LogP contribution >= 0.6 is 23.2 Å². The lowest BCUT2D eigenvalue weighted by atomic mass is 9.70. The quantitative estimate of drug-likeness (QED) is 0.438. The molecule has 2 aromatic rings. The maximum atomic E-state index is 13.2. The number of carbonyl (C=O) groups excluding carboxylic acids is 2. The van der Waals surface area contributed by atoms with Crippen LogP contribution in [0.1, 0.15) is 45.1 Å². The second-order valence-electron chi connectivity index (χ2n) is 9.78. The summed E-state index contributed by atoms with van der Waals surface area (Å²) in [6.45, 7) is 5.79. The van der Waals surface area contributed by atoms with Crippen molar-refractivity contribution in [2.45, 2.75) is 39.5 Å². The molecule has 1 aliphatic carbocycles. The summed E-state index contributed by atoms with van der Waals surface area (Å²) in [6.07, 6.45) is 0.852. The number of hydrogen-bond donors (Lipinski definition) is 2. The molecule has 8 nitrogen and oxygen atoms in total. The Bertz CT molecular complexity index is 1410. The van der Waals surface area contributed by atoms with Crippen LogP contribution in [0.25, 0.3) is 0 Å². The van der Waals surface area contributed by atoms with E-state index in [2.05, 4.69) is 11.4 Å². The zero-order chi connectivity index (χ0) is 27.6. The minimum Gasteiger partial charge on any atom is -0.490 e. The number of carbonyl (C=O) groups is 2. The van der Waals surface area contributed by atoms with E-state index in [0.717, 1.165) is 0 Å². The molecular formula is C28H27Cl2N3O5. The van der Waals surface area contributed by atoms with Gasteiger partial charge in [0.15, 0.2) is 23.9 Å². The Morgan fingerprint density at radius 1 is 1.21 bits per heavy atom. The van der Waals surface area contributed by atoms with Gasteiger partial charge in [0.1, 0.15) is 17.4 Å². The van der Waals surface area contributed by atoms with E-state index in [-0.39, 0.29) is 34.3 Å². The fraction of sp³-hybridized carbons (Fsp3) is 0.321. The second kappa shape index (κ2) is 11.0. The smallest absolute Gasteiger partial charge is 0.262 e. The van der Waals surface area contributed by atoms with Crippen molar-refractivity contribution in [3.8, 4) is 17.6 Å². The molecule has 0 saturated heterocycles. The number of ketones is 1. The molecule has 1 heterocycles. The SMILES string of the molecule is CCOc1cc(C2C(C#N)=C(N)OC3=C2C(=O)CC(C)(C)C3)ccc1OCC(=O)Nc1cccc(Cl)c1Cl. The number of nitrogens with two attached hydrogens (primary N) is 1. The third-order valence-electron chi connectivity index (χ3n) is 6.26. The summed E-state index contributed by atoms with van der Waals surface area (Å²) in [5, 5.41) is 13.1. The Morgan fingerprint density at radius 2 is 1.97 bits per heavy atom. The minimum absolute atomic E-state index is 0.0172. The fourth-order valence-electron chi connectivity index (χ4n) is 4.64. The molecule has 4 rings (SSSR count). The van der Waals surface area contributed by atoms with Gasteiger partial charge in [0.05, 0.1) is 28.3 Å². The van der Waals surface area contributed by atoms with E-state index >= 15 is 0 Å². The van der Waals surface area contributed by atoms with Crippen molar-refractivity contribution in [3.63, 3.8) is 0 Å². The molecule has 0 bridgehead atoms. The van der Waals surface area contributed by atoms with Crippen LogP contribution in [0, 0.1) is 16.7 Å². The number of benzene rings is 2. The molecule has 2 aliphatic rings. The first kappa shape index (κ1) is 27.4. The molecule has 0 aromatic heterocycles. The number of anilines is 1. The number of nitrogens with one attached hydrogen (secondary N) is 1. The number of amides is 1. The average Bonchev–Trinajstić information content (AvgIpc) is 2.84. The van der Waals surface area contributed by atoms with Crippen molar-refractivity contribution in [3.05, 3.63) is 74.8 Å². The monoisotopic (exact) mass is 555 g/mol. The van der Waals surface area contributed by atoms with Gasteiger partial charge in [0.2, 0.25) is 5.88 Å². The first-order valence-electron chi connectivity index (χ1n) is 12.0. The van der Waals surface area contributed by atoms with Crippen molar-refractivity contribution in [1.29, 1.82) is 5.26 Å². The molecule has 198 valence electrons. The van der Waals surface area contributed by atoms with Crippen LogP contribution in [0.3, 0.4) is 0 Å². The van der Waals surface area contributed by atoms with Crippen LogP contribution in [0.15, 0.2) is 59.2 Å². The summed E-state index contributed by atoms with van der Waals surface area (Å²) in [5.74, 6) is -0.0935. The van der Waals surface area contributed by atoms with Crippen molar-refractivity contribution >= 4 is 40.6 Å². The summed E-state index contributed by atoms with van der Waals surface area (Å²) < 4.78 is 17.3. The predicted molar refractivity (Wildman–Crippen MR) is 144 cm³/mol. The molecule has 10 heteroatoms. The van der Waals surface area contributed by atoms with Gasteiger partial charge in [0.25, 0.3) is 5.91 Å². The molecule has 1 aliphatic heterocycles. The fourth-order valence-corrected chi connectivity index (χ4v) is 4.99. The van der Waals surface area contributed by atoms with Crippen LogP contribution < -0.4 is 20.5 Å². The van der Waals surface area contributed by atoms with Gasteiger partial charge in [-0.15, -0.1) is 0 Å². The van der Waals surface area contributed by atoms with Crippen molar-refractivity contribution in [1.82, 2.24) is 0 Å². The van der Waals surface area contributed by atoms with Crippen LogP contribution in [0.2, 0.25) is 10.0 Å². The minimum atomic E-state index is -0.700. The number of nitriles is 1. The Balaban J connectivity index is 1.62. The number of hydrogen-bond acceptors (Lipinski definition) is 7. The van der Waals surface area contributed by atoms with Gasteiger partial charge in [-0.25, -0.2) is 0 Å². The van der Waals surface area contributed by atoms with Crippen LogP contribution in [-0.4, -0.2) is 24.9 Å². The summed E-state index contributed by atoms with van der Waals surface area (Å²) in [4.78, 5) is 25.7. The highest BCUT2D eigenvalue weighted by molar-refractivity contribution is 6.44. The lowest BCUT2D eigenvalue weighted by Gasteiger charge is -2.37. The molecule has 3 N–H and O–H groups in total. The Kier molecular flexibility index (Phi) is 7.91. The Labute approximate surface area is 230 Å². The summed E-state index contributed by atoms with van der Waals surface area (Å²) >= 11 is 12.1. The standard InChI is InChI=1S/C28H27Cl2N3O5/c1-4-36-21-10-15(8-9-20(21)37-14-23(35)33-18-7-5-6-17(29)26(18)30)24-16(13-31)27(32)38-22-12-28(2,3)11-19(34)25(22)24/h5-10,24H,4,11-12,14,32H2,1-3H3,(H,33,35). The zero-order valence-electron chi connectivity index (χ0n) is 21.2. The van der Waals surface area contributed by atoms with Gasteiger partial charge in [-0.2, -0.15) is 5.26 Å². The van der Waals surface area contributed by atoms with E-state index in [4.69, 9.17) is 43.1 Å². The Morgan fingerprint density at radius 3 is 2.68 bits per heavy atom. The molecule has 0 saturated carbocycles.